The zero-order valence-electron chi connectivity index (χ0n) is 8.92. The van der Waals surface area contributed by atoms with Crippen LogP contribution in [0.1, 0.15) is 6.23 Å². The summed E-state index contributed by atoms with van der Waals surface area (Å²) < 4.78 is 19.6. The minimum atomic E-state index is -1.88. The van der Waals surface area contributed by atoms with Gasteiger partial charge in [0.15, 0.2) is 12.4 Å². The maximum atomic E-state index is 13.8. The van der Waals surface area contributed by atoms with Crippen molar-refractivity contribution < 1.29 is 19.3 Å². The van der Waals surface area contributed by atoms with E-state index in [1.165, 1.54) is 0 Å². The number of H-pyrrole nitrogens is 1. The summed E-state index contributed by atoms with van der Waals surface area (Å²) in [4.78, 5) is 24.6. The zero-order chi connectivity index (χ0) is 13.4. The molecular weight excluding hydrogens is 315 g/mol. The molecule has 0 aromatic carbocycles. The molecule has 1 saturated heterocycles. The van der Waals surface area contributed by atoms with Crippen molar-refractivity contribution in [3.8, 4) is 0 Å². The molecule has 1 aromatic heterocycles. The van der Waals surface area contributed by atoms with E-state index in [9.17, 15) is 19.1 Å². The van der Waals surface area contributed by atoms with Crippen LogP contribution in [0.25, 0.3) is 0 Å². The highest BCUT2D eigenvalue weighted by molar-refractivity contribution is 9.10. The molecule has 0 radical (unpaired) electrons. The van der Waals surface area contributed by atoms with Gasteiger partial charge in [0.1, 0.15) is 12.2 Å². The van der Waals surface area contributed by atoms with E-state index in [0.717, 1.165) is 10.8 Å². The van der Waals surface area contributed by atoms with Crippen molar-refractivity contribution in [1.82, 2.24) is 9.55 Å². The van der Waals surface area contributed by atoms with E-state index in [2.05, 4.69) is 15.9 Å². The molecule has 0 saturated carbocycles. The highest BCUT2D eigenvalue weighted by Crippen LogP contribution is 2.30. The molecule has 4 atom stereocenters. The van der Waals surface area contributed by atoms with Gasteiger partial charge in [0, 0.05) is 6.20 Å². The Hall–Kier alpha value is -1.03. The quantitative estimate of drug-likeness (QED) is 0.639. The molecule has 100 valence electrons. The van der Waals surface area contributed by atoms with Crippen LogP contribution in [-0.2, 0) is 4.74 Å². The number of nitrogens with one attached hydrogen (secondary N) is 1. The molecular formula is C9H10BrFN2O5. The molecule has 3 N–H and O–H groups in total. The molecule has 18 heavy (non-hydrogen) atoms. The average molecular weight is 325 g/mol. The molecule has 2 unspecified atom stereocenters. The zero-order valence-corrected chi connectivity index (χ0v) is 10.5. The number of ether oxygens (including phenoxy) is 1. The molecule has 7 nitrogen and oxygen atoms in total. The molecule has 0 bridgehead atoms. The van der Waals surface area contributed by atoms with Gasteiger partial charge in [-0.3, -0.25) is 14.3 Å². The van der Waals surface area contributed by atoms with Crippen LogP contribution in [0.15, 0.2) is 20.3 Å². The fraction of sp³-hybridized carbons (Fsp3) is 0.556. The van der Waals surface area contributed by atoms with E-state index in [0.29, 0.717) is 0 Å². The van der Waals surface area contributed by atoms with Crippen molar-refractivity contribution in [2.75, 3.05) is 6.61 Å². The first kappa shape index (κ1) is 13.4. The minimum Gasteiger partial charge on any atom is -0.394 e. The Morgan fingerprint density at radius 2 is 2.22 bits per heavy atom. The van der Waals surface area contributed by atoms with E-state index in [-0.39, 0.29) is 4.47 Å². The van der Waals surface area contributed by atoms with Crippen molar-refractivity contribution in [2.24, 2.45) is 0 Å². The van der Waals surface area contributed by atoms with E-state index in [4.69, 9.17) is 9.84 Å². The molecule has 1 fully saturated rings. The maximum absolute atomic E-state index is 13.8. The van der Waals surface area contributed by atoms with Crippen LogP contribution >= 0.6 is 15.9 Å². The van der Waals surface area contributed by atoms with E-state index in [1.807, 2.05) is 4.98 Å². The van der Waals surface area contributed by atoms with Crippen molar-refractivity contribution in [3.05, 3.63) is 31.5 Å². The van der Waals surface area contributed by atoms with Crippen LogP contribution in [0.2, 0.25) is 0 Å². The normalized spacial score (nSPS) is 31.8. The Labute approximate surface area is 108 Å². The maximum Gasteiger partial charge on any atom is 0.330 e. The lowest BCUT2D eigenvalue weighted by molar-refractivity contribution is -0.0492. The third-order valence-electron chi connectivity index (χ3n) is 2.67. The van der Waals surface area contributed by atoms with Crippen molar-refractivity contribution in [2.45, 2.75) is 24.6 Å². The first-order valence-corrected chi connectivity index (χ1v) is 5.84. The van der Waals surface area contributed by atoms with Gasteiger partial charge in [-0.05, 0) is 15.9 Å². The van der Waals surface area contributed by atoms with Crippen LogP contribution in [-0.4, -0.2) is 44.8 Å². The fourth-order valence-electron chi connectivity index (χ4n) is 1.73. The van der Waals surface area contributed by atoms with Crippen molar-refractivity contribution in [3.63, 3.8) is 0 Å². The van der Waals surface area contributed by atoms with Crippen LogP contribution < -0.4 is 11.2 Å². The monoisotopic (exact) mass is 324 g/mol. The predicted octanol–water partition coefficient (Wildman–Crippen LogP) is -1.11. The fourth-order valence-corrected chi connectivity index (χ4v) is 2.05. The first-order valence-electron chi connectivity index (χ1n) is 5.05. The van der Waals surface area contributed by atoms with Crippen LogP contribution in [0.3, 0.4) is 0 Å². The highest BCUT2D eigenvalue weighted by Gasteiger charge is 2.45. The Balaban J connectivity index is 2.42. The van der Waals surface area contributed by atoms with Gasteiger partial charge in [-0.15, -0.1) is 0 Å². The summed E-state index contributed by atoms with van der Waals surface area (Å²) >= 11 is 2.90. The lowest BCUT2D eigenvalue weighted by atomic mass is 10.1. The molecule has 0 amide bonds. The predicted molar refractivity (Wildman–Crippen MR) is 60.9 cm³/mol. The number of hydrogen-bond donors (Lipinski definition) is 3. The Bertz CT molecular complexity index is 559. The van der Waals surface area contributed by atoms with Gasteiger partial charge < -0.3 is 14.9 Å². The van der Waals surface area contributed by atoms with Crippen LogP contribution in [0, 0.1) is 0 Å². The highest BCUT2D eigenvalue weighted by atomic mass is 79.9. The summed E-state index contributed by atoms with van der Waals surface area (Å²) in [6.07, 6.45) is -4.83. The Morgan fingerprint density at radius 1 is 1.56 bits per heavy atom. The van der Waals surface area contributed by atoms with Gasteiger partial charge in [-0.25, -0.2) is 9.18 Å². The van der Waals surface area contributed by atoms with Gasteiger partial charge in [0.2, 0.25) is 0 Å². The van der Waals surface area contributed by atoms with E-state index < -0.39 is 42.5 Å². The number of alkyl halides is 1. The summed E-state index contributed by atoms with van der Waals surface area (Å²) in [5, 5.41) is 18.3. The topological polar surface area (TPSA) is 105 Å². The number of hydrogen-bond acceptors (Lipinski definition) is 5. The number of rotatable bonds is 2. The average Bonchev–Trinajstić information content (AvgIpc) is 2.61. The number of halogens is 2. The SMILES string of the molecule is O=c1[nH]c(=O)n([C@H]2O[C@H](CO)C(O)C2F)cc1Br. The number of nitrogens with zero attached hydrogens (tertiary/aromatic N) is 1. The Kier molecular flexibility index (Phi) is 3.66. The lowest BCUT2D eigenvalue weighted by Gasteiger charge is -2.15. The van der Waals surface area contributed by atoms with Gasteiger partial charge in [-0.1, -0.05) is 0 Å². The lowest BCUT2D eigenvalue weighted by Crippen LogP contribution is -2.36. The minimum absolute atomic E-state index is 0.0276. The summed E-state index contributed by atoms with van der Waals surface area (Å²) in [6, 6.07) is 0. The molecule has 9 heteroatoms. The number of aromatic nitrogens is 2. The van der Waals surface area contributed by atoms with Gasteiger partial charge in [0.05, 0.1) is 11.1 Å². The second kappa shape index (κ2) is 4.92. The molecule has 1 aliphatic heterocycles. The third-order valence-corrected chi connectivity index (χ3v) is 3.24. The van der Waals surface area contributed by atoms with Crippen molar-refractivity contribution >= 4 is 15.9 Å². The van der Waals surface area contributed by atoms with Crippen LogP contribution in [0.4, 0.5) is 4.39 Å². The van der Waals surface area contributed by atoms with E-state index >= 15 is 0 Å². The molecule has 1 aliphatic rings. The number of aliphatic hydroxyl groups is 2. The molecule has 2 rings (SSSR count). The largest absolute Gasteiger partial charge is 0.394 e. The van der Waals surface area contributed by atoms with Crippen LogP contribution in [0.5, 0.6) is 0 Å². The van der Waals surface area contributed by atoms with Gasteiger partial charge >= 0.3 is 5.69 Å². The van der Waals surface area contributed by atoms with Gasteiger partial charge in [0.25, 0.3) is 5.56 Å². The summed E-state index contributed by atoms with van der Waals surface area (Å²) in [6.45, 7) is -0.572. The van der Waals surface area contributed by atoms with Crippen molar-refractivity contribution in [1.29, 1.82) is 0 Å². The number of aliphatic hydroxyl groups excluding tert-OH is 2. The Morgan fingerprint density at radius 3 is 2.78 bits per heavy atom. The smallest absolute Gasteiger partial charge is 0.330 e. The number of aromatic amines is 1. The molecule has 0 spiro atoms. The standard InChI is InChI=1S/C9H10BrFN2O5/c10-3-1-13(9(17)12-7(3)16)8-5(11)6(15)4(2-14)18-8/h1,4-6,8,14-15H,2H2,(H,12,16,17)/t4-,5?,6?,8+/m1/s1. The summed E-state index contributed by atoms with van der Waals surface area (Å²) in [5.74, 6) is 0. The third kappa shape index (κ3) is 2.14. The molecule has 1 aromatic rings. The van der Waals surface area contributed by atoms with E-state index in [1.54, 1.807) is 0 Å². The molecule has 0 aliphatic carbocycles. The van der Waals surface area contributed by atoms with Gasteiger partial charge in [-0.2, -0.15) is 0 Å². The summed E-state index contributed by atoms with van der Waals surface area (Å²) in [7, 11) is 0. The summed E-state index contributed by atoms with van der Waals surface area (Å²) in [5.41, 5.74) is -1.51. The second-order valence-corrected chi connectivity index (χ2v) is 4.68. The first-order chi connectivity index (χ1) is 8.45. The second-order valence-electron chi connectivity index (χ2n) is 3.83. The molecule has 2 heterocycles.